The lowest BCUT2D eigenvalue weighted by molar-refractivity contribution is 0.179. The number of methoxy groups -OCH3 is 1. The number of hydrogen-bond donors (Lipinski definition) is 0. The first kappa shape index (κ1) is 16.0. The molecular weight excluding hydrogens is 320 g/mol. The van der Waals surface area contributed by atoms with E-state index in [0.29, 0.717) is 18.7 Å². The number of aromatic nitrogens is 2. The van der Waals surface area contributed by atoms with Gasteiger partial charge in [0.2, 0.25) is 5.13 Å². The highest BCUT2D eigenvalue weighted by molar-refractivity contribution is 7.09. The molecule has 0 radical (unpaired) electrons. The SMILES string of the molecule is COCc1nsc(N2CC[C@H]3CC[C@@H](C2)N3Cc2ccccc2)n1. The van der Waals surface area contributed by atoms with E-state index >= 15 is 0 Å². The Hall–Kier alpha value is -1.50. The highest BCUT2D eigenvalue weighted by atomic mass is 32.1. The molecule has 2 fully saturated rings. The molecule has 24 heavy (non-hydrogen) atoms. The van der Waals surface area contributed by atoms with E-state index in [-0.39, 0.29) is 0 Å². The van der Waals surface area contributed by atoms with Crippen LogP contribution < -0.4 is 4.90 Å². The topological polar surface area (TPSA) is 41.5 Å². The van der Waals surface area contributed by atoms with Crippen LogP contribution in [0.15, 0.2) is 30.3 Å². The maximum Gasteiger partial charge on any atom is 0.205 e. The van der Waals surface area contributed by atoms with Crippen molar-refractivity contribution in [2.45, 2.75) is 44.5 Å². The molecule has 0 amide bonds. The summed E-state index contributed by atoms with van der Waals surface area (Å²) in [6, 6.07) is 12.2. The van der Waals surface area contributed by atoms with Gasteiger partial charge in [0.1, 0.15) is 6.61 Å². The van der Waals surface area contributed by atoms with Gasteiger partial charge in [0.15, 0.2) is 5.82 Å². The van der Waals surface area contributed by atoms with Gasteiger partial charge in [0.25, 0.3) is 0 Å². The monoisotopic (exact) mass is 344 g/mol. The summed E-state index contributed by atoms with van der Waals surface area (Å²) in [5, 5.41) is 1.05. The average Bonchev–Trinajstić information content (AvgIpc) is 3.14. The minimum Gasteiger partial charge on any atom is -0.377 e. The molecule has 1 aromatic carbocycles. The maximum atomic E-state index is 5.14. The summed E-state index contributed by atoms with van der Waals surface area (Å²) in [5.41, 5.74) is 1.42. The first-order valence-electron chi connectivity index (χ1n) is 8.69. The van der Waals surface area contributed by atoms with Crippen LogP contribution in [0.3, 0.4) is 0 Å². The molecule has 6 heteroatoms. The molecule has 2 saturated heterocycles. The van der Waals surface area contributed by atoms with Crippen molar-refractivity contribution in [1.29, 1.82) is 0 Å². The average molecular weight is 344 g/mol. The standard InChI is InChI=1S/C18H24N4OS/c1-23-13-17-19-18(24-20-17)21-10-9-15-7-8-16(12-21)22(15)11-14-5-3-2-4-6-14/h2-6,15-16H,7-13H2,1H3/t15-,16+/m1/s1. The molecule has 2 aliphatic rings. The molecule has 0 N–H and O–H groups in total. The zero-order valence-electron chi connectivity index (χ0n) is 14.1. The summed E-state index contributed by atoms with van der Waals surface area (Å²) >= 11 is 1.50. The van der Waals surface area contributed by atoms with Crippen LogP contribution in [0.4, 0.5) is 5.13 Å². The van der Waals surface area contributed by atoms with Crippen molar-refractivity contribution in [2.24, 2.45) is 0 Å². The predicted octanol–water partition coefficient (Wildman–Crippen LogP) is 2.93. The number of ether oxygens (including phenoxy) is 1. The van der Waals surface area contributed by atoms with E-state index in [4.69, 9.17) is 4.74 Å². The molecule has 0 aliphatic carbocycles. The summed E-state index contributed by atoms with van der Waals surface area (Å²) in [6.07, 6.45) is 3.83. The summed E-state index contributed by atoms with van der Waals surface area (Å²) in [6.45, 7) is 3.70. The second-order valence-electron chi connectivity index (χ2n) is 6.70. The molecule has 0 unspecified atom stereocenters. The van der Waals surface area contributed by atoms with Crippen molar-refractivity contribution in [3.8, 4) is 0 Å². The fourth-order valence-electron chi connectivity index (χ4n) is 3.96. The van der Waals surface area contributed by atoms with Crippen LogP contribution in [0.1, 0.15) is 30.7 Å². The Labute approximate surface area is 147 Å². The van der Waals surface area contributed by atoms with Gasteiger partial charge in [-0.15, -0.1) is 0 Å². The Kier molecular flexibility index (Phi) is 4.78. The molecule has 128 valence electrons. The highest BCUT2D eigenvalue weighted by Gasteiger charge is 2.37. The second kappa shape index (κ2) is 7.17. The number of anilines is 1. The fraction of sp³-hybridized carbons (Fsp3) is 0.556. The lowest BCUT2D eigenvalue weighted by Crippen LogP contribution is -2.38. The van der Waals surface area contributed by atoms with Gasteiger partial charge in [0, 0.05) is 50.4 Å². The van der Waals surface area contributed by atoms with Gasteiger partial charge in [-0.3, -0.25) is 4.90 Å². The summed E-state index contributed by atoms with van der Waals surface area (Å²) < 4.78 is 9.55. The van der Waals surface area contributed by atoms with E-state index in [2.05, 4.69) is 49.5 Å². The van der Waals surface area contributed by atoms with Crippen LogP contribution in [-0.2, 0) is 17.9 Å². The first-order valence-corrected chi connectivity index (χ1v) is 9.47. The van der Waals surface area contributed by atoms with Gasteiger partial charge in [-0.25, -0.2) is 4.98 Å². The molecule has 0 saturated carbocycles. The van der Waals surface area contributed by atoms with E-state index < -0.39 is 0 Å². The van der Waals surface area contributed by atoms with Crippen LogP contribution in [0.5, 0.6) is 0 Å². The fourth-order valence-corrected chi connectivity index (χ4v) is 4.67. The summed E-state index contributed by atoms with van der Waals surface area (Å²) in [4.78, 5) is 9.79. The van der Waals surface area contributed by atoms with Gasteiger partial charge < -0.3 is 9.64 Å². The zero-order chi connectivity index (χ0) is 16.4. The third kappa shape index (κ3) is 3.31. The second-order valence-corrected chi connectivity index (χ2v) is 7.43. The Bertz CT molecular complexity index is 662. The number of nitrogens with zero attached hydrogens (tertiary/aromatic N) is 4. The number of fused-ring (bicyclic) bond motifs is 2. The van der Waals surface area contributed by atoms with E-state index in [9.17, 15) is 0 Å². The Morgan fingerprint density at radius 3 is 2.83 bits per heavy atom. The third-order valence-electron chi connectivity index (χ3n) is 5.14. The maximum absolute atomic E-state index is 5.14. The molecule has 3 heterocycles. The van der Waals surface area contributed by atoms with Crippen molar-refractivity contribution in [2.75, 3.05) is 25.1 Å². The first-order chi connectivity index (χ1) is 11.8. The van der Waals surface area contributed by atoms with Crippen molar-refractivity contribution in [3.05, 3.63) is 41.7 Å². The van der Waals surface area contributed by atoms with Crippen LogP contribution >= 0.6 is 11.5 Å². The number of hydrogen-bond acceptors (Lipinski definition) is 6. The van der Waals surface area contributed by atoms with Crippen molar-refractivity contribution < 1.29 is 4.74 Å². The lowest BCUT2D eigenvalue weighted by atomic mass is 10.1. The zero-order valence-corrected chi connectivity index (χ0v) is 14.9. The van der Waals surface area contributed by atoms with Crippen molar-refractivity contribution in [3.63, 3.8) is 0 Å². The van der Waals surface area contributed by atoms with E-state index in [1.54, 1.807) is 7.11 Å². The van der Waals surface area contributed by atoms with E-state index in [1.165, 1.54) is 36.4 Å². The normalized spacial score (nSPS) is 24.3. The number of rotatable bonds is 5. The van der Waals surface area contributed by atoms with Crippen LogP contribution in [-0.4, -0.2) is 46.5 Å². The largest absolute Gasteiger partial charge is 0.377 e. The highest BCUT2D eigenvalue weighted by Crippen LogP contribution is 2.33. The summed E-state index contributed by atoms with van der Waals surface area (Å²) in [5.74, 6) is 0.799. The minimum atomic E-state index is 0.497. The third-order valence-corrected chi connectivity index (χ3v) is 5.96. The smallest absolute Gasteiger partial charge is 0.205 e. The Morgan fingerprint density at radius 1 is 1.17 bits per heavy atom. The Balaban J connectivity index is 1.47. The molecule has 2 aliphatic heterocycles. The van der Waals surface area contributed by atoms with E-state index in [1.807, 2.05) is 0 Å². The van der Waals surface area contributed by atoms with Crippen molar-refractivity contribution in [1.82, 2.24) is 14.3 Å². The van der Waals surface area contributed by atoms with Gasteiger partial charge in [0.05, 0.1) is 0 Å². The molecule has 2 aromatic rings. The molecule has 2 bridgehead atoms. The van der Waals surface area contributed by atoms with Gasteiger partial charge in [-0.05, 0) is 24.8 Å². The van der Waals surface area contributed by atoms with Crippen LogP contribution in [0.2, 0.25) is 0 Å². The van der Waals surface area contributed by atoms with Gasteiger partial charge >= 0.3 is 0 Å². The predicted molar refractivity (Wildman–Crippen MR) is 96.2 cm³/mol. The molecular formula is C18H24N4OS. The van der Waals surface area contributed by atoms with Crippen molar-refractivity contribution >= 4 is 16.7 Å². The molecule has 1 aromatic heterocycles. The molecule has 2 atom stereocenters. The van der Waals surface area contributed by atoms with Crippen LogP contribution in [0.25, 0.3) is 0 Å². The minimum absolute atomic E-state index is 0.497. The molecule has 0 spiro atoms. The van der Waals surface area contributed by atoms with Gasteiger partial charge in [-0.1, -0.05) is 30.3 Å². The lowest BCUT2D eigenvalue weighted by Gasteiger charge is -2.28. The quantitative estimate of drug-likeness (QED) is 0.834. The number of benzene rings is 1. The molecule has 4 rings (SSSR count). The van der Waals surface area contributed by atoms with E-state index in [0.717, 1.165) is 30.6 Å². The van der Waals surface area contributed by atoms with Gasteiger partial charge in [-0.2, -0.15) is 4.37 Å². The Morgan fingerprint density at radius 2 is 2.00 bits per heavy atom. The molecule has 5 nitrogen and oxygen atoms in total. The summed E-state index contributed by atoms with van der Waals surface area (Å²) in [7, 11) is 1.69. The van der Waals surface area contributed by atoms with Crippen LogP contribution in [0, 0.1) is 0 Å².